The summed E-state index contributed by atoms with van der Waals surface area (Å²) in [5.74, 6) is -0.299. The molecule has 1 aliphatic heterocycles. The lowest BCUT2D eigenvalue weighted by Gasteiger charge is -2.26. The number of anilines is 1. The number of carbonyl (C=O) groups excluding carboxylic acids is 1. The van der Waals surface area contributed by atoms with Crippen LogP contribution in [-0.2, 0) is 21.8 Å². The molecule has 1 amide bonds. The molecule has 2 heterocycles. The average Bonchev–Trinajstić information content (AvgIpc) is 2.94. The van der Waals surface area contributed by atoms with Gasteiger partial charge < -0.3 is 10.1 Å². The first-order valence-electron chi connectivity index (χ1n) is 7.88. The molecule has 1 aromatic heterocycles. The van der Waals surface area contributed by atoms with E-state index in [0.717, 1.165) is 5.69 Å². The van der Waals surface area contributed by atoms with Gasteiger partial charge in [-0.05, 0) is 37.3 Å². The Labute approximate surface area is 146 Å². The summed E-state index contributed by atoms with van der Waals surface area (Å²) in [7, 11) is -1.84. The molecule has 9 heteroatoms. The van der Waals surface area contributed by atoms with Crippen molar-refractivity contribution in [2.75, 3.05) is 31.6 Å². The molecule has 0 saturated carbocycles. The number of amides is 1. The van der Waals surface area contributed by atoms with Gasteiger partial charge >= 0.3 is 0 Å². The first-order valence-corrected chi connectivity index (χ1v) is 9.32. The van der Waals surface area contributed by atoms with E-state index in [1.165, 1.54) is 21.1 Å². The van der Waals surface area contributed by atoms with E-state index in [2.05, 4.69) is 10.4 Å². The van der Waals surface area contributed by atoms with E-state index in [0.29, 0.717) is 37.7 Å². The highest BCUT2D eigenvalue weighted by Crippen LogP contribution is 2.20. The molecule has 0 spiro atoms. The molecule has 1 aliphatic rings. The van der Waals surface area contributed by atoms with Gasteiger partial charge in [0.25, 0.3) is 5.91 Å². The van der Waals surface area contributed by atoms with Crippen LogP contribution in [-0.4, -0.2) is 54.7 Å². The quantitative estimate of drug-likeness (QED) is 0.874. The number of benzene rings is 1. The van der Waals surface area contributed by atoms with Crippen LogP contribution in [0.2, 0.25) is 0 Å². The molecule has 1 fully saturated rings. The minimum absolute atomic E-state index is 0.198. The molecule has 8 nitrogen and oxygen atoms in total. The van der Waals surface area contributed by atoms with Crippen molar-refractivity contribution in [1.82, 2.24) is 14.1 Å². The number of nitrogens with zero attached hydrogens (tertiary/aromatic N) is 3. The minimum Gasteiger partial charge on any atom is -0.379 e. The summed E-state index contributed by atoms with van der Waals surface area (Å²) in [6.07, 6.45) is 0. The Balaban J connectivity index is 1.74. The first-order chi connectivity index (χ1) is 11.9. The van der Waals surface area contributed by atoms with E-state index in [9.17, 15) is 13.2 Å². The highest BCUT2D eigenvalue weighted by Gasteiger charge is 2.26. The van der Waals surface area contributed by atoms with Gasteiger partial charge in [0.05, 0.1) is 23.8 Å². The van der Waals surface area contributed by atoms with Gasteiger partial charge in [0, 0.05) is 25.8 Å². The fraction of sp³-hybridized carbons (Fsp3) is 0.375. The number of aromatic nitrogens is 2. The highest BCUT2D eigenvalue weighted by molar-refractivity contribution is 7.89. The lowest BCUT2D eigenvalue weighted by atomic mass is 10.3. The van der Waals surface area contributed by atoms with Gasteiger partial charge in [-0.3, -0.25) is 9.48 Å². The van der Waals surface area contributed by atoms with Crippen molar-refractivity contribution in [3.8, 4) is 0 Å². The fourth-order valence-electron chi connectivity index (χ4n) is 2.66. The summed E-state index contributed by atoms with van der Waals surface area (Å²) >= 11 is 0. The van der Waals surface area contributed by atoms with Crippen molar-refractivity contribution in [1.29, 1.82) is 0 Å². The zero-order valence-electron chi connectivity index (χ0n) is 14.1. The molecule has 0 atom stereocenters. The maximum atomic E-state index is 12.6. The molecule has 0 bridgehead atoms. The Morgan fingerprint density at radius 2 is 1.84 bits per heavy atom. The Hall–Kier alpha value is -2.23. The average molecular weight is 364 g/mol. The maximum absolute atomic E-state index is 12.6. The Bertz CT molecular complexity index is 868. The van der Waals surface area contributed by atoms with Crippen LogP contribution >= 0.6 is 0 Å². The zero-order valence-corrected chi connectivity index (χ0v) is 14.9. The molecule has 0 aliphatic carbocycles. The van der Waals surface area contributed by atoms with Crippen molar-refractivity contribution in [3.05, 3.63) is 41.7 Å². The van der Waals surface area contributed by atoms with E-state index < -0.39 is 10.0 Å². The molecule has 25 heavy (non-hydrogen) atoms. The number of aryl methyl sites for hydroxylation is 2. The predicted octanol–water partition coefficient (Wildman–Crippen LogP) is 1.00. The van der Waals surface area contributed by atoms with Crippen LogP contribution in [0.15, 0.2) is 35.2 Å². The van der Waals surface area contributed by atoms with Gasteiger partial charge in [-0.2, -0.15) is 9.40 Å². The number of hydrogen-bond acceptors (Lipinski definition) is 5. The lowest BCUT2D eigenvalue weighted by Crippen LogP contribution is -2.40. The van der Waals surface area contributed by atoms with Gasteiger partial charge in [0.2, 0.25) is 10.0 Å². The number of morpholine rings is 1. The van der Waals surface area contributed by atoms with Crippen molar-refractivity contribution >= 4 is 21.6 Å². The van der Waals surface area contributed by atoms with Crippen LogP contribution < -0.4 is 5.32 Å². The second-order valence-corrected chi connectivity index (χ2v) is 7.73. The third-order valence-electron chi connectivity index (χ3n) is 3.95. The van der Waals surface area contributed by atoms with Crippen LogP contribution in [0, 0.1) is 6.92 Å². The van der Waals surface area contributed by atoms with Crippen LogP contribution in [0.4, 0.5) is 5.69 Å². The minimum atomic E-state index is -3.54. The summed E-state index contributed by atoms with van der Waals surface area (Å²) < 4.78 is 33.2. The summed E-state index contributed by atoms with van der Waals surface area (Å²) in [4.78, 5) is 12.5. The lowest BCUT2D eigenvalue weighted by molar-refractivity contribution is 0.0730. The van der Waals surface area contributed by atoms with E-state index in [-0.39, 0.29) is 10.8 Å². The second kappa shape index (κ2) is 6.95. The third-order valence-corrected chi connectivity index (χ3v) is 5.87. The smallest absolute Gasteiger partial charge is 0.273 e. The predicted molar refractivity (Wildman–Crippen MR) is 91.9 cm³/mol. The van der Waals surface area contributed by atoms with Gasteiger partial charge in [-0.15, -0.1) is 0 Å². The van der Waals surface area contributed by atoms with Gasteiger partial charge in [0.15, 0.2) is 0 Å². The Morgan fingerprint density at radius 3 is 2.40 bits per heavy atom. The van der Waals surface area contributed by atoms with Crippen molar-refractivity contribution in [2.24, 2.45) is 7.05 Å². The van der Waals surface area contributed by atoms with Crippen molar-refractivity contribution in [2.45, 2.75) is 11.8 Å². The van der Waals surface area contributed by atoms with Gasteiger partial charge in [-0.25, -0.2) is 8.42 Å². The molecule has 0 radical (unpaired) electrons. The van der Waals surface area contributed by atoms with E-state index >= 15 is 0 Å². The number of ether oxygens (including phenoxy) is 1. The summed E-state index contributed by atoms with van der Waals surface area (Å²) in [6.45, 7) is 3.30. The molecule has 134 valence electrons. The standard InChI is InChI=1S/C16H20N4O4S/c1-12-11-15(19(2)18-12)16(21)17-13-3-5-14(6-4-13)25(22,23)20-7-9-24-10-8-20/h3-6,11H,7-10H2,1-2H3,(H,17,21). The summed E-state index contributed by atoms with van der Waals surface area (Å²) in [5, 5.41) is 6.88. The number of carbonyl (C=O) groups is 1. The number of sulfonamides is 1. The monoisotopic (exact) mass is 364 g/mol. The summed E-state index contributed by atoms with van der Waals surface area (Å²) in [6, 6.07) is 7.83. The third kappa shape index (κ3) is 3.73. The molecular weight excluding hydrogens is 344 g/mol. The number of hydrogen-bond donors (Lipinski definition) is 1. The van der Waals surface area contributed by atoms with Gasteiger partial charge in [-0.1, -0.05) is 0 Å². The fourth-order valence-corrected chi connectivity index (χ4v) is 4.07. The molecule has 2 aromatic rings. The van der Waals surface area contributed by atoms with E-state index in [4.69, 9.17) is 4.74 Å². The summed E-state index contributed by atoms with van der Waals surface area (Å²) in [5.41, 5.74) is 1.70. The van der Waals surface area contributed by atoms with Gasteiger partial charge in [0.1, 0.15) is 5.69 Å². The molecule has 3 rings (SSSR count). The van der Waals surface area contributed by atoms with E-state index in [1.54, 1.807) is 25.2 Å². The van der Waals surface area contributed by atoms with Crippen LogP contribution in [0.3, 0.4) is 0 Å². The topological polar surface area (TPSA) is 93.5 Å². The van der Waals surface area contributed by atoms with Crippen LogP contribution in [0.1, 0.15) is 16.2 Å². The van der Waals surface area contributed by atoms with Crippen molar-refractivity contribution < 1.29 is 17.9 Å². The maximum Gasteiger partial charge on any atom is 0.273 e. The molecule has 1 N–H and O–H groups in total. The zero-order chi connectivity index (χ0) is 18.0. The Kier molecular flexibility index (Phi) is 4.89. The molecule has 0 unspecified atom stereocenters. The number of nitrogens with one attached hydrogen (secondary N) is 1. The van der Waals surface area contributed by atoms with Crippen LogP contribution in [0.25, 0.3) is 0 Å². The SMILES string of the molecule is Cc1cc(C(=O)Nc2ccc(S(=O)(=O)N3CCOCC3)cc2)n(C)n1. The Morgan fingerprint density at radius 1 is 1.20 bits per heavy atom. The molecule has 1 aromatic carbocycles. The van der Waals surface area contributed by atoms with Crippen molar-refractivity contribution in [3.63, 3.8) is 0 Å². The first kappa shape index (κ1) is 17.6. The second-order valence-electron chi connectivity index (χ2n) is 5.79. The highest BCUT2D eigenvalue weighted by atomic mass is 32.2. The van der Waals surface area contributed by atoms with Crippen LogP contribution in [0.5, 0.6) is 0 Å². The largest absolute Gasteiger partial charge is 0.379 e. The number of rotatable bonds is 4. The molecular formula is C16H20N4O4S. The normalized spacial score (nSPS) is 15.9. The molecule has 1 saturated heterocycles. The van der Waals surface area contributed by atoms with E-state index in [1.807, 2.05) is 6.92 Å².